The smallest absolute Gasteiger partial charge is 0.333 e. The molecular weight excluding hydrogens is 304 g/mol. The minimum absolute atomic E-state index is 0.0199. The van der Waals surface area contributed by atoms with Gasteiger partial charge in [-0.3, -0.25) is 0 Å². The third-order valence-electron chi connectivity index (χ3n) is 7.45. The maximum atomic E-state index is 11.3. The van der Waals surface area contributed by atoms with Crippen molar-refractivity contribution in [3.05, 3.63) is 23.8 Å². The first-order valence-electron chi connectivity index (χ1n) is 9.15. The molecule has 4 heteroatoms. The van der Waals surface area contributed by atoms with E-state index in [2.05, 4.69) is 27.4 Å². The Hall–Kier alpha value is -1.13. The maximum absolute atomic E-state index is 11.3. The number of carbonyl (C=O) groups is 1. The largest absolute Gasteiger partial charge is 0.429 e. The molecule has 134 valence electrons. The van der Waals surface area contributed by atoms with Crippen molar-refractivity contribution in [3.8, 4) is 0 Å². The van der Waals surface area contributed by atoms with Crippen LogP contribution in [0.15, 0.2) is 23.8 Å². The van der Waals surface area contributed by atoms with Gasteiger partial charge in [0.1, 0.15) is 0 Å². The number of rotatable bonds is 3. The molecule has 0 amide bonds. The number of ether oxygens (including phenoxy) is 1. The summed E-state index contributed by atoms with van der Waals surface area (Å²) in [5.74, 6) is 0.591. The molecule has 0 radical (unpaired) electrons. The molecule has 24 heavy (non-hydrogen) atoms. The summed E-state index contributed by atoms with van der Waals surface area (Å²) in [6.45, 7) is 11.2. The van der Waals surface area contributed by atoms with Gasteiger partial charge in [0.25, 0.3) is 0 Å². The molecule has 0 saturated heterocycles. The molecule has 0 spiro atoms. The van der Waals surface area contributed by atoms with Crippen molar-refractivity contribution in [3.63, 3.8) is 0 Å². The lowest BCUT2D eigenvalue weighted by Crippen LogP contribution is -2.52. The standard InChI is InChI=1S/C20H30O4/c1-12-7-9-20(4)13(2)15(21)5-6-16(20)19(12,3)10-8-14-11-17(22)24-18(14)23/h11-12,15-16,18,21,23H,2,5-10H2,1,3-4H3/t12-,15-,16-,18-,19+,20+/m0/s1. The first-order valence-corrected chi connectivity index (χ1v) is 9.15. The van der Waals surface area contributed by atoms with Crippen LogP contribution < -0.4 is 0 Å². The molecule has 2 saturated carbocycles. The summed E-state index contributed by atoms with van der Waals surface area (Å²) >= 11 is 0. The Balaban J connectivity index is 1.82. The molecular formula is C20H30O4. The highest BCUT2D eigenvalue weighted by atomic mass is 16.6. The summed E-state index contributed by atoms with van der Waals surface area (Å²) in [5, 5.41) is 20.1. The van der Waals surface area contributed by atoms with Gasteiger partial charge in [-0.05, 0) is 66.8 Å². The van der Waals surface area contributed by atoms with E-state index in [-0.39, 0.29) is 16.9 Å². The molecule has 2 aliphatic carbocycles. The quantitative estimate of drug-likeness (QED) is 0.614. The first-order chi connectivity index (χ1) is 11.2. The summed E-state index contributed by atoms with van der Waals surface area (Å²) in [4.78, 5) is 11.3. The second-order valence-corrected chi connectivity index (χ2v) is 8.54. The van der Waals surface area contributed by atoms with E-state index >= 15 is 0 Å². The number of cyclic esters (lactones) is 1. The van der Waals surface area contributed by atoms with Gasteiger partial charge in [0, 0.05) is 11.6 Å². The highest BCUT2D eigenvalue weighted by Gasteiger charge is 2.55. The maximum Gasteiger partial charge on any atom is 0.333 e. The summed E-state index contributed by atoms with van der Waals surface area (Å²) in [7, 11) is 0. The van der Waals surface area contributed by atoms with Gasteiger partial charge in [-0.1, -0.05) is 27.4 Å². The Labute approximate surface area is 144 Å². The van der Waals surface area contributed by atoms with Crippen LogP contribution in [0.2, 0.25) is 0 Å². The fraction of sp³-hybridized carbons (Fsp3) is 0.750. The van der Waals surface area contributed by atoms with Gasteiger partial charge in [-0.2, -0.15) is 0 Å². The van der Waals surface area contributed by atoms with E-state index in [4.69, 9.17) is 4.74 Å². The average Bonchev–Trinajstić information content (AvgIpc) is 2.85. The molecule has 6 atom stereocenters. The van der Waals surface area contributed by atoms with Crippen molar-refractivity contribution in [1.82, 2.24) is 0 Å². The average molecular weight is 334 g/mol. The van der Waals surface area contributed by atoms with Crippen LogP contribution in [0.25, 0.3) is 0 Å². The van der Waals surface area contributed by atoms with Crippen LogP contribution in [0.5, 0.6) is 0 Å². The van der Waals surface area contributed by atoms with E-state index in [1.807, 2.05) is 0 Å². The molecule has 0 aromatic heterocycles. The monoisotopic (exact) mass is 334 g/mol. The van der Waals surface area contributed by atoms with Crippen molar-refractivity contribution in [2.75, 3.05) is 0 Å². The van der Waals surface area contributed by atoms with Crippen molar-refractivity contribution in [1.29, 1.82) is 0 Å². The van der Waals surface area contributed by atoms with Crippen LogP contribution in [-0.4, -0.2) is 28.6 Å². The summed E-state index contributed by atoms with van der Waals surface area (Å²) in [6.07, 6.45) is 5.56. The lowest BCUT2D eigenvalue weighted by Gasteiger charge is -2.59. The molecule has 0 unspecified atom stereocenters. The van der Waals surface area contributed by atoms with Crippen LogP contribution in [0.1, 0.15) is 59.3 Å². The third-order valence-corrected chi connectivity index (χ3v) is 7.45. The van der Waals surface area contributed by atoms with Gasteiger partial charge in [-0.25, -0.2) is 4.79 Å². The van der Waals surface area contributed by atoms with Crippen LogP contribution in [0.4, 0.5) is 0 Å². The highest BCUT2D eigenvalue weighted by molar-refractivity contribution is 5.85. The van der Waals surface area contributed by atoms with E-state index in [0.717, 1.165) is 37.7 Å². The Bertz CT molecular complexity index is 580. The summed E-state index contributed by atoms with van der Waals surface area (Å²) in [5.41, 5.74) is 1.77. The van der Waals surface area contributed by atoms with E-state index in [1.165, 1.54) is 6.08 Å². The van der Waals surface area contributed by atoms with Crippen LogP contribution >= 0.6 is 0 Å². The molecule has 0 bridgehead atoms. The fourth-order valence-electron chi connectivity index (χ4n) is 5.48. The van der Waals surface area contributed by atoms with Gasteiger partial charge in [-0.15, -0.1) is 0 Å². The zero-order valence-corrected chi connectivity index (χ0v) is 15.0. The minimum atomic E-state index is -1.07. The number of hydrogen-bond donors (Lipinski definition) is 2. The number of aliphatic hydroxyl groups is 2. The van der Waals surface area contributed by atoms with Gasteiger partial charge < -0.3 is 14.9 Å². The second-order valence-electron chi connectivity index (χ2n) is 8.54. The molecule has 3 rings (SSSR count). The van der Waals surface area contributed by atoms with Crippen molar-refractivity contribution in [2.24, 2.45) is 22.7 Å². The van der Waals surface area contributed by atoms with Gasteiger partial charge in [0.15, 0.2) is 0 Å². The number of fused-ring (bicyclic) bond motifs is 1. The number of aliphatic hydroxyl groups excluding tert-OH is 2. The predicted octanol–water partition coefficient (Wildman–Crippen LogP) is 3.34. The molecule has 1 heterocycles. The first kappa shape index (κ1) is 17.7. The molecule has 1 aliphatic heterocycles. The van der Waals surface area contributed by atoms with Gasteiger partial charge in [0.05, 0.1) is 6.10 Å². The molecule has 0 aromatic carbocycles. The Morgan fingerprint density at radius 3 is 2.62 bits per heavy atom. The van der Waals surface area contributed by atoms with E-state index < -0.39 is 12.3 Å². The minimum Gasteiger partial charge on any atom is -0.429 e. The number of esters is 1. The van der Waals surface area contributed by atoms with Crippen molar-refractivity contribution < 1.29 is 19.7 Å². The Morgan fingerprint density at radius 2 is 2.00 bits per heavy atom. The normalized spacial score (nSPS) is 45.6. The van der Waals surface area contributed by atoms with E-state index in [0.29, 0.717) is 23.8 Å². The van der Waals surface area contributed by atoms with Gasteiger partial charge >= 0.3 is 5.97 Å². The lowest BCUT2D eigenvalue weighted by atomic mass is 9.46. The molecule has 3 aliphatic rings. The van der Waals surface area contributed by atoms with E-state index in [9.17, 15) is 15.0 Å². The van der Waals surface area contributed by atoms with E-state index in [1.54, 1.807) is 0 Å². The van der Waals surface area contributed by atoms with Crippen LogP contribution in [0.3, 0.4) is 0 Å². The SMILES string of the molecule is C=C1[C@@H](O)CC[C@H]2[C@](C)(CCC3=CC(=O)O[C@@H]3O)[C@@H](C)CC[C@]12C. The Morgan fingerprint density at radius 1 is 1.29 bits per heavy atom. The fourth-order valence-corrected chi connectivity index (χ4v) is 5.48. The van der Waals surface area contributed by atoms with Crippen LogP contribution in [-0.2, 0) is 9.53 Å². The topological polar surface area (TPSA) is 66.8 Å². The van der Waals surface area contributed by atoms with Crippen molar-refractivity contribution in [2.45, 2.75) is 71.7 Å². The predicted molar refractivity (Wildman–Crippen MR) is 91.9 cm³/mol. The second kappa shape index (κ2) is 5.99. The summed E-state index contributed by atoms with van der Waals surface area (Å²) < 4.78 is 4.81. The zero-order valence-electron chi connectivity index (χ0n) is 15.0. The molecule has 4 nitrogen and oxygen atoms in total. The van der Waals surface area contributed by atoms with Crippen LogP contribution in [0, 0.1) is 22.7 Å². The molecule has 2 N–H and O–H groups in total. The number of carbonyl (C=O) groups excluding carboxylic acids is 1. The number of hydrogen-bond acceptors (Lipinski definition) is 4. The molecule has 2 fully saturated rings. The summed E-state index contributed by atoms with van der Waals surface area (Å²) in [6, 6.07) is 0. The third kappa shape index (κ3) is 2.64. The molecule has 0 aromatic rings. The lowest BCUT2D eigenvalue weighted by molar-refractivity contribution is -0.151. The van der Waals surface area contributed by atoms with Crippen molar-refractivity contribution >= 4 is 5.97 Å². The highest BCUT2D eigenvalue weighted by Crippen LogP contribution is 2.62. The Kier molecular flexibility index (Phi) is 4.42. The zero-order chi connectivity index (χ0) is 17.7. The van der Waals surface area contributed by atoms with Gasteiger partial charge in [0.2, 0.25) is 6.29 Å².